The van der Waals surface area contributed by atoms with Crippen molar-refractivity contribution in [2.75, 3.05) is 0 Å². The molecule has 0 bridgehead atoms. The van der Waals surface area contributed by atoms with Crippen molar-refractivity contribution < 1.29 is 9.53 Å². The van der Waals surface area contributed by atoms with Gasteiger partial charge in [-0.2, -0.15) is 0 Å². The van der Waals surface area contributed by atoms with Gasteiger partial charge >= 0.3 is 0 Å². The van der Waals surface area contributed by atoms with Gasteiger partial charge in [-0.25, -0.2) is 4.98 Å². The molecule has 6 nitrogen and oxygen atoms in total. The SMILES string of the molecule is CC(=O)[C@@H](OC(C)(C)C)c1c(C)cc2nc(-c3ccnc(-c4ccc5cc[nH]c(=O)c5c4)c3)sc2c1-c1ccc(Cl)cc1. The van der Waals surface area contributed by atoms with Crippen molar-refractivity contribution in [3.8, 4) is 33.0 Å². The number of nitrogens with one attached hydrogen (secondary N) is 1. The Kier molecular flexibility index (Phi) is 7.50. The largest absolute Gasteiger partial charge is 0.360 e. The predicted molar refractivity (Wildman–Crippen MR) is 176 cm³/mol. The number of pyridine rings is 2. The van der Waals surface area contributed by atoms with E-state index in [1.807, 2.05) is 94.4 Å². The number of halogens is 1. The Balaban J connectivity index is 1.54. The summed E-state index contributed by atoms with van der Waals surface area (Å²) in [6.07, 6.45) is 2.66. The monoisotopic (exact) mass is 607 g/mol. The molecule has 3 aromatic heterocycles. The number of aryl methyl sites for hydroxylation is 1. The van der Waals surface area contributed by atoms with E-state index < -0.39 is 11.7 Å². The number of H-pyrrole nitrogens is 1. The molecule has 0 saturated heterocycles. The summed E-state index contributed by atoms with van der Waals surface area (Å²) in [7, 11) is 0. The third kappa shape index (κ3) is 5.76. The molecule has 1 atom stereocenters. The summed E-state index contributed by atoms with van der Waals surface area (Å²) >= 11 is 7.83. The van der Waals surface area contributed by atoms with Crippen LogP contribution in [0, 0.1) is 6.92 Å². The van der Waals surface area contributed by atoms with Gasteiger partial charge in [-0.05, 0) is 93.6 Å². The number of ether oxygens (including phenoxy) is 1. The van der Waals surface area contributed by atoms with Crippen molar-refractivity contribution in [3.05, 3.63) is 106 Å². The quantitative estimate of drug-likeness (QED) is 0.204. The van der Waals surface area contributed by atoms with Crippen molar-refractivity contribution in [2.24, 2.45) is 0 Å². The van der Waals surface area contributed by atoms with Crippen molar-refractivity contribution in [2.45, 2.75) is 46.3 Å². The summed E-state index contributed by atoms with van der Waals surface area (Å²) in [6.45, 7) is 9.44. The fourth-order valence-corrected chi connectivity index (χ4v) is 6.59. The van der Waals surface area contributed by atoms with E-state index in [1.54, 1.807) is 30.7 Å². The maximum atomic E-state index is 13.1. The van der Waals surface area contributed by atoms with Crippen LogP contribution < -0.4 is 5.56 Å². The lowest BCUT2D eigenvalue weighted by atomic mass is 9.90. The highest BCUT2D eigenvalue weighted by molar-refractivity contribution is 7.22. The van der Waals surface area contributed by atoms with E-state index in [4.69, 9.17) is 21.3 Å². The molecule has 6 aromatic rings. The van der Waals surface area contributed by atoms with Gasteiger partial charge in [0, 0.05) is 45.1 Å². The maximum absolute atomic E-state index is 13.1. The second-order valence-electron chi connectivity index (χ2n) is 11.6. The zero-order valence-electron chi connectivity index (χ0n) is 24.5. The number of benzene rings is 3. The average molecular weight is 608 g/mol. The molecule has 0 aliphatic heterocycles. The van der Waals surface area contributed by atoms with E-state index in [2.05, 4.69) is 9.97 Å². The molecule has 216 valence electrons. The van der Waals surface area contributed by atoms with Crippen LogP contribution in [0.5, 0.6) is 0 Å². The van der Waals surface area contributed by atoms with Crippen LogP contribution >= 0.6 is 22.9 Å². The van der Waals surface area contributed by atoms with Crippen LogP contribution in [0.1, 0.15) is 44.9 Å². The molecule has 0 fully saturated rings. The van der Waals surface area contributed by atoms with Gasteiger partial charge in [0.15, 0.2) is 5.78 Å². The highest BCUT2D eigenvalue weighted by atomic mass is 35.5. The number of carbonyl (C=O) groups excluding carboxylic acids is 1. The number of aromatic nitrogens is 3. The first-order chi connectivity index (χ1) is 20.5. The Labute approximate surface area is 258 Å². The summed E-state index contributed by atoms with van der Waals surface area (Å²) in [5.74, 6) is -0.0645. The maximum Gasteiger partial charge on any atom is 0.255 e. The summed E-state index contributed by atoms with van der Waals surface area (Å²) < 4.78 is 7.33. The van der Waals surface area contributed by atoms with E-state index in [0.29, 0.717) is 10.4 Å². The molecule has 0 aliphatic rings. The molecule has 0 radical (unpaired) electrons. The van der Waals surface area contributed by atoms with Crippen LogP contribution in [0.2, 0.25) is 5.02 Å². The highest BCUT2D eigenvalue weighted by Crippen LogP contribution is 2.44. The first-order valence-electron chi connectivity index (χ1n) is 13.9. The number of thiazole rings is 1. The van der Waals surface area contributed by atoms with Gasteiger partial charge in [0.05, 0.1) is 21.5 Å². The lowest BCUT2D eigenvalue weighted by Crippen LogP contribution is -2.27. The molecule has 43 heavy (non-hydrogen) atoms. The molecule has 0 unspecified atom stereocenters. The lowest BCUT2D eigenvalue weighted by molar-refractivity contribution is -0.138. The van der Waals surface area contributed by atoms with Crippen LogP contribution in [0.15, 0.2) is 83.9 Å². The second kappa shape index (κ2) is 11.2. The van der Waals surface area contributed by atoms with Gasteiger partial charge in [-0.15, -0.1) is 11.3 Å². The van der Waals surface area contributed by atoms with E-state index in [1.165, 1.54) is 0 Å². The first-order valence-corrected chi connectivity index (χ1v) is 15.1. The van der Waals surface area contributed by atoms with Crippen molar-refractivity contribution in [1.29, 1.82) is 0 Å². The van der Waals surface area contributed by atoms with Gasteiger partial charge in [-0.3, -0.25) is 14.6 Å². The van der Waals surface area contributed by atoms with Crippen LogP contribution in [0.4, 0.5) is 0 Å². The number of rotatable bonds is 6. The number of fused-ring (bicyclic) bond motifs is 2. The lowest BCUT2D eigenvalue weighted by Gasteiger charge is -2.29. The number of carbonyl (C=O) groups is 1. The van der Waals surface area contributed by atoms with Gasteiger partial charge in [0.2, 0.25) is 0 Å². The van der Waals surface area contributed by atoms with Crippen LogP contribution in [0.3, 0.4) is 0 Å². The van der Waals surface area contributed by atoms with Crippen molar-refractivity contribution >= 4 is 49.7 Å². The number of ketones is 1. The van der Waals surface area contributed by atoms with Crippen molar-refractivity contribution in [3.63, 3.8) is 0 Å². The Morgan fingerprint density at radius 2 is 1.72 bits per heavy atom. The Morgan fingerprint density at radius 1 is 0.977 bits per heavy atom. The summed E-state index contributed by atoms with van der Waals surface area (Å²) in [6, 6.07) is 21.3. The second-order valence-corrected chi connectivity index (χ2v) is 13.1. The molecule has 1 N–H and O–H groups in total. The number of Topliss-reactive ketones (excluding diaryl/α,β-unsaturated/α-hetero) is 1. The Morgan fingerprint density at radius 3 is 2.44 bits per heavy atom. The van der Waals surface area contributed by atoms with E-state index in [-0.39, 0.29) is 11.3 Å². The first kappa shape index (κ1) is 28.9. The number of hydrogen-bond donors (Lipinski definition) is 1. The number of aromatic amines is 1. The summed E-state index contributed by atoms with van der Waals surface area (Å²) in [4.78, 5) is 37.9. The van der Waals surface area contributed by atoms with Gasteiger partial charge in [0.25, 0.3) is 5.56 Å². The molecule has 0 aliphatic carbocycles. The molecular weight excluding hydrogens is 578 g/mol. The molecule has 0 spiro atoms. The zero-order chi connectivity index (χ0) is 30.5. The smallest absolute Gasteiger partial charge is 0.255 e. The fourth-order valence-electron chi connectivity index (χ4n) is 5.34. The van der Waals surface area contributed by atoms with E-state index in [0.717, 1.165) is 59.7 Å². The fraction of sp³-hybridized carbons (Fsp3) is 0.200. The number of hydrogen-bond acceptors (Lipinski definition) is 6. The molecular formula is C35H30ClN3O3S. The highest BCUT2D eigenvalue weighted by Gasteiger charge is 2.30. The van der Waals surface area contributed by atoms with Gasteiger partial charge in [-0.1, -0.05) is 35.9 Å². The summed E-state index contributed by atoms with van der Waals surface area (Å²) in [5, 5.41) is 2.93. The topological polar surface area (TPSA) is 84.9 Å². The zero-order valence-corrected chi connectivity index (χ0v) is 26.1. The van der Waals surface area contributed by atoms with Crippen LogP contribution in [-0.2, 0) is 9.53 Å². The van der Waals surface area contributed by atoms with Gasteiger partial charge in [0.1, 0.15) is 11.1 Å². The minimum Gasteiger partial charge on any atom is -0.360 e. The minimum absolute atomic E-state index is 0.0645. The number of nitrogens with zero attached hydrogens (tertiary/aromatic N) is 2. The predicted octanol–water partition coefficient (Wildman–Crippen LogP) is 8.94. The molecule has 3 aromatic carbocycles. The van der Waals surface area contributed by atoms with E-state index in [9.17, 15) is 9.59 Å². The van der Waals surface area contributed by atoms with Crippen molar-refractivity contribution in [1.82, 2.24) is 15.0 Å². The molecule has 8 heteroatoms. The Hall–Kier alpha value is -4.17. The third-order valence-corrected chi connectivity index (χ3v) is 8.63. The van der Waals surface area contributed by atoms with E-state index >= 15 is 0 Å². The standard InChI is InChI=1S/C35H30ClN3O3S/c1-19-16-28-32(30(22-8-10-25(36)11-9-22)29(19)31(20(2)40)42-35(3,4)5)43-34(39-28)24-13-14-37-27(18-24)23-7-6-21-12-15-38-33(41)26(21)17-23/h6-18,31H,1-5H3,(H,38,41)/t31-/m1/s1. The molecule has 0 amide bonds. The minimum atomic E-state index is -0.746. The molecule has 3 heterocycles. The molecule has 6 rings (SSSR count). The van der Waals surface area contributed by atoms with Gasteiger partial charge < -0.3 is 9.72 Å². The molecule has 0 saturated carbocycles. The van der Waals surface area contributed by atoms with Crippen LogP contribution in [-0.4, -0.2) is 26.3 Å². The Bertz CT molecular complexity index is 2070. The summed E-state index contributed by atoms with van der Waals surface area (Å²) in [5.41, 5.74) is 6.27. The third-order valence-electron chi connectivity index (χ3n) is 7.24. The van der Waals surface area contributed by atoms with Crippen LogP contribution in [0.25, 0.3) is 53.9 Å². The average Bonchev–Trinajstić information content (AvgIpc) is 3.39. The normalized spacial score (nSPS) is 12.6.